The first kappa shape index (κ1) is 17.2. The van der Waals surface area contributed by atoms with Gasteiger partial charge >= 0.3 is 0 Å². The van der Waals surface area contributed by atoms with Crippen molar-refractivity contribution < 1.29 is 4.79 Å². The SMILES string of the molecule is Cc1ccccc1CN1CCC(CNC(=O)CC2=CCNCC2)C1. The summed E-state index contributed by atoms with van der Waals surface area (Å²) in [5.74, 6) is 0.764. The molecule has 1 saturated heterocycles. The first-order chi connectivity index (χ1) is 11.7. The first-order valence-electron chi connectivity index (χ1n) is 9.13. The minimum atomic E-state index is 0.181. The molecule has 0 aromatic heterocycles. The van der Waals surface area contributed by atoms with Crippen LogP contribution in [0, 0.1) is 12.8 Å². The maximum atomic E-state index is 12.1. The zero-order valence-electron chi connectivity index (χ0n) is 14.7. The summed E-state index contributed by atoms with van der Waals surface area (Å²) in [6.45, 7) is 8.13. The van der Waals surface area contributed by atoms with E-state index in [1.807, 2.05) is 0 Å². The smallest absolute Gasteiger partial charge is 0.224 e. The van der Waals surface area contributed by atoms with Crippen molar-refractivity contribution in [2.24, 2.45) is 5.92 Å². The Morgan fingerprint density at radius 2 is 2.25 bits per heavy atom. The van der Waals surface area contributed by atoms with Crippen LogP contribution in [-0.4, -0.2) is 43.5 Å². The van der Waals surface area contributed by atoms with Gasteiger partial charge in [-0.1, -0.05) is 35.9 Å². The maximum absolute atomic E-state index is 12.1. The number of likely N-dealkylation sites (tertiary alicyclic amines) is 1. The fraction of sp³-hybridized carbons (Fsp3) is 0.550. The lowest BCUT2D eigenvalue weighted by Gasteiger charge is -2.18. The van der Waals surface area contributed by atoms with E-state index in [0.29, 0.717) is 12.3 Å². The molecule has 2 N–H and O–H groups in total. The van der Waals surface area contributed by atoms with Gasteiger partial charge in [-0.25, -0.2) is 0 Å². The van der Waals surface area contributed by atoms with Gasteiger partial charge in [0.25, 0.3) is 0 Å². The second-order valence-corrected chi connectivity index (χ2v) is 7.11. The largest absolute Gasteiger partial charge is 0.355 e. The molecule has 24 heavy (non-hydrogen) atoms. The number of aryl methyl sites for hydroxylation is 1. The van der Waals surface area contributed by atoms with Crippen molar-refractivity contribution >= 4 is 5.91 Å². The molecule has 1 atom stereocenters. The average Bonchev–Trinajstić information content (AvgIpc) is 3.04. The van der Waals surface area contributed by atoms with E-state index in [4.69, 9.17) is 0 Å². The number of benzene rings is 1. The third-order valence-electron chi connectivity index (χ3n) is 5.16. The number of amides is 1. The number of nitrogens with one attached hydrogen (secondary N) is 2. The van der Waals surface area contributed by atoms with Gasteiger partial charge in [0.1, 0.15) is 0 Å². The van der Waals surface area contributed by atoms with Gasteiger partial charge in [-0.2, -0.15) is 0 Å². The van der Waals surface area contributed by atoms with Crippen molar-refractivity contribution in [2.45, 2.75) is 32.7 Å². The van der Waals surface area contributed by atoms with Crippen LogP contribution < -0.4 is 10.6 Å². The Labute approximate surface area is 145 Å². The third-order valence-corrected chi connectivity index (χ3v) is 5.16. The summed E-state index contributed by atoms with van der Waals surface area (Å²) >= 11 is 0. The predicted octanol–water partition coefficient (Wildman–Crippen LogP) is 2.24. The Balaban J connectivity index is 1.39. The molecule has 0 saturated carbocycles. The Morgan fingerprint density at radius 1 is 1.38 bits per heavy atom. The highest BCUT2D eigenvalue weighted by Crippen LogP contribution is 2.19. The number of hydrogen-bond acceptors (Lipinski definition) is 3. The molecule has 0 radical (unpaired) electrons. The van der Waals surface area contributed by atoms with Crippen molar-refractivity contribution in [3.63, 3.8) is 0 Å². The molecule has 4 nitrogen and oxygen atoms in total. The topological polar surface area (TPSA) is 44.4 Å². The molecule has 1 aromatic rings. The van der Waals surface area contributed by atoms with E-state index in [2.05, 4.69) is 52.8 Å². The van der Waals surface area contributed by atoms with E-state index in [9.17, 15) is 4.79 Å². The van der Waals surface area contributed by atoms with Crippen LogP contribution in [-0.2, 0) is 11.3 Å². The molecule has 4 heteroatoms. The van der Waals surface area contributed by atoms with Crippen LogP contribution in [0.15, 0.2) is 35.9 Å². The maximum Gasteiger partial charge on any atom is 0.224 e. The van der Waals surface area contributed by atoms with Crippen LogP contribution in [0.1, 0.15) is 30.4 Å². The van der Waals surface area contributed by atoms with Crippen LogP contribution >= 0.6 is 0 Å². The number of rotatable bonds is 6. The van der Waals surface area contributed by atoms with Gasteiger partial charge in [0.05, 0.1) is 0 Å². The minimum absolute atomic E-state index is 0.181. The van der Waals surface area contributed by atoms with Crippen LogP contribution in [0.5, 0.6) is 0 Å². The van der Waals surface area contributed by atoms with E-state index in [1.54, 1.807) is 0 Å². The molecule has 2 aliphatic rings. The molecule has 0 spiro atoms. The van der Waals surface area contributed by atoms with Gasteiger partial charge in [0, 0.05) is 32.6 Å². The van der Waals surface area contributed by atoms with Crippen molar-refractivity contribution in [3.8, 4) is 0 Å². The van der Waals surface area contributed by atoms with Crippen LogP contribution in [0.4, 0.5) is 0 Å². The van der Waals surface area contributed by atoms with E-state index in [1.165, 1.54) is 23.1 Å². The Bertz CT molecular complexity index is 596. The minimum Gasteiger partial charge on any atom is -0.355 e. The summed E-state index contributed by atoms with van der Waals surface area (Å²) in [4.78, 5) is 14.6. The summed E-state index contributed by atoms with van der Waals surface area (Å²) in [5.41, 5.74) is 4.06. The third kappa shape index (κ3) is 4.92. The van der Waals surface area contributed by atoms with Crippen molar-refractivity contribution in [1.82, 2.24) is 15.5 Å². The molecular formula is C20H29N3O. The van der Waals surface area contributed by atoms with Crippen molar-refractivity contribution in [3.05, 3.63) is 47.0 Å². The number of hydrogen-bond donors (Lipinski definition) is 2. The molecule has 0 aliphatic carbocycles. The second kappa shape index (κ2) is 8.45. The van der Waals surface area contributed by atoms with E-state index >= 15 is 0 Å². The van der Waals surface area contributed by atoms with Gasteiger partial charge in [0.15, 0.2) is 0 Å². The summed E-state index contributed by atoms with van der Waals surface area (Å²) in [6, 6.07) is 8.61. The molecular weight excluding hydrogens is 298 g/mol. The summed E-state index contributed by atoms with van der Waals surface area (Å²) in [5, 5.41) is 6.42. The second-order valence-electron chi connectivity index (χ2n) is 7.11. The number of nitrogens with zero attached hydrogens (tertiary/aromatic N) is 1. The van der Waals surface area contributed by atoms with Gasteiger partial charge < -0.3 is 10.6 Å². The average molecular weight is 327 g/mol. The van der Waals surface area contributed by atoms with Crippen LogP contribution in [0.3, 0.4) is 0 Å². The predicted molar refractivity (Wildman–Crippen MR) is 97.8 cm³/mol. The quantitative estimate of drug-likeness (QED) is 0.788. The lowest BCUT2D eigenvalue weighted by atomic mass is 10.1. The molecule has 2 aliphatic heterocycles. The first-order valence-corrected chi connectivity index (χ1v) is 9.13. The molecule has 1 amide bonds. The molecule has 130 valence electrons. The molecule has 1 fully saturated rings. The van der Waals surface area contributed by atoms with Crippen molar-refractivity contribution in [1.29, 1.82) is 0 Å². The zero-order valence-corrected chi connectivity index (χ0v) is 14.7. The van der Waals surface area contributed by atoms with Crippen LogP contribution in [0.2, 0.25) is 0 Å². The molecule has 1 unspecified atom stereocenters. The molecule has 0 bridgehead atoms. The Hall–Kier alpha value is -1.65. The van der Waals surface area contributed by atoms with E-state index in [0.717, 1.165) is 45.7 Å². The fourth-order valence-electron chi connectivity index (χ4n) is 3.61. The van der Waals surface area contributed by atoms with Crippen molar-refractivity contribution in [2.75, 3.05) is 32.7 Å². The highest BCUT2D eigenvalue weighted by atomic mass is 16.1. The Morgan fingerprint density at radius 3 is 3.04 bits per heavy atom. The summed E-state index contributed by atoms with van der Waals surface area (Å²) < 4.78 is 0. The lowest BCUT2D eigenvalue weighted by Crippen LogP contribution is -2.32. The molecule has 1 aromatic carbocycles. The highest BCUT2D eigenvalue weighted by molar-refractivity contribution is 5.78. The van der Waals surface area contributed by atoms with E-state index < -0.39 is 0 Å². The molecule has 2 heterocycles. The summed E-state index contributed by atoms with van der Waals surface area (Å²) in [6.07, 6.45) is 4.91. The monoisotopic (exact) mass is 327 g/mol. The number of carbonyl (C=O) groups is 1. The zero-order chi connectivity index (χ0) is 16.8. The highest BCUT2D eigenvalue weighted by Gasteiger charge is 2.23. The standard InChI is InChI=1S/C20H29N3O/c1-16-4-2-3-5-19(16)15-23-11-8-18(14-23)13-22-20(24)12-17-6-9-21-10-7-17/h2-6,18,21H,7-15H2,1H3,(H,22,24). The van der Waals surface area contributed by atoms with Gasteiger partial charge in [0.2, 0.25) is 5.91 Å². The summed E-state index contributed by atoms with van der Waals surface area (Å²) in [7, 11) is 0. The fourth-order valence-corrected chi connectivity index (χ4v) is 3.61. The van der Waals surface area contributed by atoms with Gasteiger partial charge in [-0.15, -0.1) is 0 Å². The Kier molecular flexibility index (Phi) is 6.05. The van der Waals surface area contributed by atoms with Gasteiger partial charge in [-0.05, 0) is 49.9 Å². The van der Waals surface area contributed by atoms with Crippen LogP contribution in [0.25, 0.3) is 0 Å². The van der Waals surface area contributed by atoms with E-state index in [-0.39, 0.29) is 5.91 Å². The number of carbonyl (C=O) groups excluding carboxylic acids is 1. The van der Waals surface area contributed by atoms with Gasteiger partial charge in [-0.3, -0.25) is 9.69 Å². The lowest BCUT2D eigenvalue weighted by molar-refractivity contribution is -0.120. The molecule has 3 rings (SSSR count). The normalized spacial score (nSPS) is 21.5.